The Morgan fingerprint density at radius 2 is 2.04 bits per heavy atom. The molecule has 1 heterocycles. The van der Waals surface area contributed by atoms with Gasteiger partial charge in [0.25, 0.3) is 5.91 Å². The average molecular weight is 379 g/mol. The third-order valence-electron chi connectivity index (χ3n) is 4.91. The van der Waals surface area contributed by atoms with E-state index in [0.29, 0.717) is 17.3 Å². The van der Waals surface area contributed by atoms with Crippen molar-refractivity contribution in [3.63, 3.8) is 0 Å². The molecule has 2 amide bonds. The van der Waals surface area contributed by atoms with E-state index in [4.69, 9.17) is 5.11 Å². The second-order valence-electron chi connectivity index (χ2n) is 7.14. The fraction of sp³-hybridized carbons (Fsp3) is 0.611. The zero-order valence-electron chi connectivity index (χ0n) is 14.6. The first-order valence-corrected chi connectivity index (χ1v) is 9.96. The Kier molecular flexibility index (Phi) is 6.26. The minimum atomic E-state index is -0.792. The lowest BCUT2D eigenvalue weighted by molar-refractivity contribution is -0.140. The van der Waals surface area contributed by atoms with Crippen LogP contribution in [0, 0.1) is 5.92 Å². The molecule has 0 aliphatic heterocycles. The van der Waals surface area contributed by atoms with Gasteiger partial charge in [0.1, 0.15) is 0 Å². The zero-order chi connectivity index (χ0) is 18.5. The second-order valence-corrected chi connectivity index (χ2v) is 8.09. The summed E-state index contributed by atoms with van der Waals surface area (Å²) in [6.07, 6.45) is 4.24. The molecule has 0 spiro atoms. The van der Waals surface area contributed by atoms with E-state index < -0.39 is 5.97 Å². The molecule has 1 aromatic heterocycles. The van der Waals surface area contributed by atoms with Crippen LogP contribution in [0.3, 0.4) is 0 Å². The Morgan fingerprint density at radius 3 is 2.65 bits per heavy atom. The number of carboxylic acid groups (broad SMARTS) is 1. The highest BCUT2D eigenvalue weighted by Crippen LogP contribution is 2.33. The van der Waals surface area contributed by atoms with Crippen LogP contribution in [0.15, 0.2) is 17.5 Å². The number of amides is 2. The van der Waals surface area contributed by atoms with Gasteiger partial charge in [0.2, 0.25) is 5.91 Å². The molecule has 2 aliphatic rings. The summed E-state index contributed by atoms with van der Waals surface area (Å²) in [5.74, 6) is -0.373. The van der Waals surface area contributed by atoms with Crippen molar-refractivity contribution in [3.05, 3.63) is 22.4 Å². The number of carbonyl (C=O) groups is 3. The molecule has 3 rings (SSSR count). The summed E-state index contributed by atoms with van der Waals surface area (Å²) in [7, 11) is 0. The molecule has 8 heteroatoms. The van der Waals surface area contributed by atoms with E-state index in [1.165, 1.54) is 24.2 Å². The molecule has 2 fully saturated rings. The summed E-state index contributed by atoms with van der Waals surface area (Å²) < 4.78 is 0. The monoisotopic (exact) mass is 379 g/mol. The van der Waals surface area contributed by atoms with Crippen LogP contribution in [0.2, 0.25) is 0 Å². The molecule has 0 saturated heterocycles. The highest BCUT2D eigenvalue weighted by atomic mass is 32.1. The van der Waals surface area contributed by atoms with Gasteiger partial charge in [-0.05, 0) is 43.0 Å². The highest BCUT2D eigenvalue weighted by Gasteiger charge is 2.37. The average Bonchev–Trinajstić information content (AvgIpc) is 3.18. The third-order valence-corrected chi connectivity index (χ3v) is 5.77. The summed E-state index contributed by atoms with van der Waals surface area (Å²) in [4.78, 5) is 37.5. The summed E-state index contributed by atoms with van der Waals surface area (Å²) in [5, 5.41) is 16.6. The van der Waals surface area contributed by atoms with E-state index in [-0.39, 0.29) is 36.9 Å². The quantitative estimate of drug-likeness (QED) is 0.569. The van der Waals surface area contributed by atoms with E-state index in [1.54, 1.807) is 6.07 Å². The van der Waals surface area contributed by atoms with Crippen LogP contribution in [0.5, 0.6) is 0 Å². The normalized spacial score (nSPS) is 21.9. The molecule has 142 valence electrons. The lowest BCUT2D eigenvalue weighted by Gasteiger charge is -2.42. The first kappa shape index (κ1) is 18.8. The maximum Gasteiger partial charge on any atom is 0.317 e. The van der Waals surface area contributed by atoms with E-state index >= 15 is 0 Å². The lowest BCUT2D eigenvalue weighted by Crippen LogP contribution is -2.55. The minimum Gasteiger partial charge on any atom is -0.480 e. The number of thiophene rings is 1. The molecule has 26 heavy (non-hydrogen) atoms. The first-order chi connectivity index (χ1) is 12.5. The van der Waals surface area contributed by atoms with E-state index in [2.05, 4.69) is 10.6 Å². The van der Waals surface area contributed by atoms with Crippen molar-refractivity contribution in [2.75, 3.05) is 19.6 Å². The topological polar surface area (TPSA) is 98.7 Å². The molecule has 2 aliphatic carbocycles. The molecule has 0 atom stereocenters. The van der Waals surface area contributed by atoms with Crippen molar-refractivity contribution in [3.8, 4) is 0 Å². The molecule has 1 aromatic rings. The predicted molar refractivity (Wildman–Crippen MR) is 98.2 cm³/mol. The Bertz CT molecular complexity index is 639. The number of nitrogens with zero attached hydrogens (tertiary/aromatic N) is 1. The molecule has 7 nitrogen and oxygen atoms in total. The summed E-state index contributed by atoms with van der Waals surface area (Å²) in [5.41, 5.74) is 0. The number of carbonyl (C=O) groups excluding carboxylic acids is 2. The van der Waals surface area contributed by atoms with Crippen LogP contribution >= 0.6 is 11.3 Å². The lowest BCUT2D eigenvalue weighted by atomic mass is 9.85. The predicted octanol–water partition coefficient (Wildman–Crippen LogP) is 1.31. The second kappa shape index (κ2) is 8.64. The SMILES string of the molecule is O=C(O)CN(CC1CC1)C1CC(NC(=O)CCNC(=O)c2cccs2)C1. The van der Waals surface area contributed by atoms with Crippen LogP contribution in [0.25, 0.3) is 0 Å². The number of aliphatic carboxylic acids is 1. The van der Waals surface area contributed by atoms with Gasteiger partial charge in [-0.1, -0.05) is 6.07 Å². The van der Waals surface area contributed by atoms with Gasteiger partial charge in [0.15, 0.2) is 0 Å². The minimum absolute atomic E-state index is 0.0769. The Labute approximate surface area is 156 Å². The van der Waals surface area contributed by atoms with Gasteiger partial charge >= 0.3 is 5.97 Å². The molecule has 0 aromatic carbocycles. The first-order valence-electron chi connectivity index (χ1n) is 9.08. The summed E-state index contributed by atoms with van der Waals surface area (Å²) in [6.45, 7) is 1.24. The van der Waals surface area contributed by atoms with Gasteiger partial charge in [-0.15, -0.1) is 11.3 Å². The maximum absolute atomic E-state index is 12.0. The molecular weight excluding hydrogens is 354 g/mol. The maximum atomic E-state index is 12.0. The van der Waals surface area contributed by atoms with E-state index in [9.17, 15) is 14.4 Å². The summed E-state index contributed by atoms with van der Waals surface area (Å²) in [6, 6.07) is 3.92. The van der Waals surface area contributed by atoms with Gasteiger partial charge < -0.3 is 15.7 Å². The van der Waals surface area contributed by atoms with Crippen molar-refractivity contribution >= 4 is 29.1 Å². The molecule has 0 unspecified atom stereocenters. The van der Waals surface area contributed by atoms with Crippen molar-refractivity contribution in [1.29, 1.82) is 0 Å². The van der Waals surface area contributed by atoms with Crippen molar-refractivity contribution in [1.82, 2.24) is 15.5 Å². The van der Waals surface area contributed by atoms with Gasteiger partial charge in [0, 0.05) is 31.6 Å². The largest absolute Gasteiger partial charge is 0.480 e. The molecule has 0 radical (unpaired) electrons. The number of hydrogen-bond donors (Lipinski definition) is 3. The smallest absolute Gasteiger partial charge is 0.317 e. The number of nitrogens with one attached hydrogen (secondary N) is 2. The number of carboxylic acids is 1. The summed E-state index contributed by atoms with van der Waals surface area (Å²) >= 11 is 1.37. The van der Waals surface area contributed by atoms with Gasteiger partial charge in [0.05, 0.1) is 11.4 Å². The van der Waals surface area contributed by atoms with Crippen LogP contribution in [-0.2, 0) is 9.59 Å². The third kappa shape index (κ3) is 5.54. The van der Waals surface area contributed by atoms with Gasteiger partial charge in [-0.25, -0.2) is 0 Å². The van der Waals surface area contributed by atoms with Crippen molar-refractivity contribution in [2.45, 2.75) is 44.2 Å². The fourth-order valence-electron chi connectivity index (χ4n) is 3.24. The Balaban J connectivity index is 1.32. The number of rotatable bonds is 10. The van der Waals surface area contributed by atoms with Gasteiger partial charge in [-0.2, -0.15) is 0 Å². The number of hydrogen-bond acceptors (Lipinski definition) is 5. The van der Waals surface area contributed by atoms with E-state index in [0.717, 1.165) is 19.4 Å². The van der Waals surface area contributed by atoms with E-state index in [1.807, 2.05) is 16.3 Å². The Hall–Kier alpha value is -1.93. The van der Waals surface area contributed by atoms with Crippen molar-refractivity contribution in [2.24, 2.45) is 5.92 Å². The van der Waals surface area contributed by atoms with Crippen LogP contribution in [-0.4, -0.2) is 59.5 Å². The molecule has 3 N–H and O–H groups in total. The van der Waals surface area contributed by atoms with Gasteiger partial charge in [-0.3, -0.25) is 19.3 Å². The van der Waals surface area contributed by atoms with Crippen LogP contribution in [0.1, 0.15) is 41.8 Å². The van der Waals surface area contributed by atoms with Crippen LogP contribution in [0.4, 0.5) is 0 Å². The standard InChI is InChI=1S/C18H25N3O4S/c22-16(5-6-19-18(25)15-2-1-7-26-15)20-13-8-14(9-13)21(11-17(23)24)10-12-3-4-12/h1-2,7,12-14H,3-6,8-11H2,(H,19,25)(H,20,22)(H,23,24). The van der Waals surface area contributed by atoms with Crippen LogP contribution < -0.4 is 10.6 Å². The molecular formula is C18H25N3O4S. The zero-order valence-corrected chi connectivity index (χ0v) is 15.5. The molecule has 2 saturated carbocycles. The molecule has 0 bridgehead atoms. The van der Waals surface area contributed by atoms with Crippen molar-refractivity contribution < 1.29 is 19.5 Å². The highest BCUT2D eigenvalue weighted by molar-refractivity contribution is 7.12. The Morgan fingerprint density at radius 1 is 1.27 bits per heavy atom. The fourth-order valence-corrected chi connectivity index (χ4v) is 3.88.